The van der Waals surface area contributed by atoms with Gasteiger partial charge in [-0.1, -0.05) is 13.8 Å². The second-order valence-corrected chi connectivity index (χ2v) is 5.94. The van der Waals surface area contributed by atoms with Crippen LogP contribution in [0.15, 0.2) is 18.6 Å². The van der Waals surface area contributed by atoms with Gasteiger partial charge >= 0.3 is 0 Å². The number of hydrogen-bond acceptors (Lipinski definition) is 5. The molecule has 7 nitrogen and oxygen atoms in total. The molecule has 3 rings (SSSR count). The zero-order chi connectivity index (χ0) is 16.4. The lowest BCUT2D eigenvalue weighted by Gasteiger charge is -2.17. The van der Waals surface area contributed by atoms with Crippen molar-refractivity contribution in [2.24, 2.45) is 0 Å². The van der Waals surface area contributed by atoms with E-state index < -0.39 is 6.10 Å². The van der Waals surface area contributed by atoms with Crippen LogP contribution >= 0.6 is 0 Å². The maximum atomic E-state index is 12.5. The van der Waals surface area contributed by atoms with Crippen LogP contribution in [0.3, 0.4) is 0 Å². The summed E-state index contributed by atoms with van der Waals surface area (Å²) >= 11 is 0. The van der Waals surface area contributed by atoms with Gasteiger partial charge in [0.1, 0.15) is 5.56 Å². The van der Waals surface area contributed by atoms with Gasteiger partial charge in [0.2, 0.25) is 0 Å². The molecule has 0 unspecified atom stereocenters. The molecule has 0 bridgehead atoms. The maximum Gasteiger partial charge on any atom is 0.259 e. The number of amides is 1. The number of aromatic nitrogens is 3. The summed E-state index contributed by atoms with van der Waals surface area (Å²) in [4.78, 5) is 20.9. The van der Waals surface area contributed by atoms with E-state index in [0.717, 1.165) is 25.2 Å². The largest absolute Gasteiger partial charge is 0.391 e. The van der Waals surface area contributed by atoms with Crippen molar-refractivity contribution in [3.63, 3.8) is 0 Å². The molecule has 1 atom stereocenters. The van der Waals surface area contributed by atoms with Crippen LogP contribution in [-0.4, -0.2) is 67.7 Å². The van der Waals surface area contributed by atoms with E-state index in [9.17, 15) is 9.90 Å². The van der Waals surface area contributed by atoms with E-state index in [1.165, 1.54) is 0 Å². The molecule has 1 aliphatic heterocycles. The van der Waals surface area contributed by atoms with Crippen LogP contribution in [0.2, 0.25) is 0 Å². The SMILES string of the molecule is CCN(CC)Cc1cnc2c(C(=O)N3CC[C@@H](O)C3)cnn2c1. The first kappa shape index (κ1) is 15.9. The third-order valence-corrected chi connectivity index (χ3v) is 4.39. The van der Waals surface area contributed by atoms with E-state index in [-0.39, 0.29) is 5.91 Å². The van der Waals surface area contributed by atoms with Crippen LogP contribution in [0.1, 0.15) is 36.2 Å². The lowest BCUT2D eigenvalue weighted by molar-refractivity contribution is 0.0766. The molecule has 7 heteroatoms. The summed E-state index contributed by atoms with van der Waals surface area (Å²) in [5.41, 5.74) is 2.13. The van der Waals surface area contributed by atoms with Gasteiger partial charge in [-0.25, -0.2) is 9.50 Å². The highest BCUT2D eigenvalue weighted by molar-refractivity contribution is 5.99. The van der Waals surface area contributed by atoms with E-state index in [0.29, 0.717) is 30.7 Å². The molecular weight excluding hydrogens is 294 g/mol. The smallest absolute Gasteiger partial charge is 0.259 e. The third-order valence-electron chi connectivity index (χ3n) is 4.39. The Hall–Kier alpha value is -1.99. The van der Waals surface area contributed by atoms with Crippen LogP contribution in [0.25, 0.3) is 5.65 Å². The van der Waals surface area contributed by atoms with E-state index >= 15 is 0 Å². The molecule has 0 spiro atoms. The number of aliphatic hydroxyl groups excluding tert-OH is 1. The number of nitrogens with zero attached hydrogens (tertiary/aromatic N) is 5. The minimum atomic E-state index is -0.422. The number of rotatable bonds is 5. The normalized spacial score (nSPS) is 18.3. The molecular formula is C16H23N5O2. The molecule has 1 aliphatic rings. The van der Waals surface area contributed by atoms with Gasteiger partial charge in [0, 0.05) is 37.6 Å². The lowest BCUT2D eigenvalue weighted by atomic mass is 10.2. The Bertz CT molecular complexity index is 695. The van der Waals surface area contributed by atoms with Gasteiger partial charge in [0.15, 0.2) is 5.65 Å². The first-order valence-corrected chi connectivity index (χ1v) is 8.14. The molecule has 1 saturated heterocycles. The molecule has 2 aromatic heterocycles. The number of hydrogen-bond donors (Lipinski definition) is 1. The number of aliphatic hydroxyl groups is 1. The van der Waals surface area contributed by atoms with E-state index in [4.69, 9.17) is 0 Å². The average Bonchev–Trinajstić information content (AvgIpc) is 3.17. The third kappa shape index (κ3) is 3.20. The van der Waals surface area contributed by atoms with Crippen molar-refractivity contribution in [2.45, 2.75) is 32.9 Å². The van der Waals surface area contributed by atoms with Crippen LogP contribution in [0.4, 0.5) is 0 Å². The zero-order valence-corrected chi connectivity index (χ0v) is 13.6. The highest BCUT2D eigenvalue weighted by Crippen LogP contribution is 2.17. The fourth-order valence-electron chi connectivity index (χ4n) is 2.95. The zero-order valence-electron chi connectivity index (χ0n) is 13.6. The first-order chi connectivity index (χ1) is 11.1. The van der Waals surface area contributed by atoms with Gasteiger partial charge in [-0.05, 0) is 19.5 Å². The van der Waals surface area contributed by atoms with Crippen molar-refractivity contribution >= 4 is 11.6 Å². The summed E-state index contributed by atoms with van der Waals surface area (Å²) in [5.74, 6) is -0.111. The highest BCUT2D eigenvalue weighted by Gasteiger charge is 2.27. The summed E-state index contributed by atoms with van der Waals surface area (Å²) in [6.45, 7) is 8.00. The van der Waals surface area contributed by atoms with Gasteiger partial charge in [0.25, 0.3) is 5.91 Å². The predicted octanol–water partition coefficient (Wildman–Crippen LogP) is 0.778. The van der Waals surface area contributed by atoms with Crippen LogP contribution < -0.4 is 0 Å². The summed E-state index contributed by atoms with van der Waals surface area (Å²) < 4.78 is 1.67. The lowest BCUT2D eigenvalue weighted by Crippen LogP contribution is -2.29. The van der Waals surface area contributed by atoms with Gasteiger partial charge in [0.05, 0.1) is 12.3 Å². The summed E-state index contributed by atoms with van der Waals surface area (Å²) in [6.07, 6.45) is 5.51. The molecule has 124 valence electrons. The van der Waals surface area contributed by atoms with Gasteiger partial charge in [-0.3, -0.25) is 9.69 Å². The van der Waals surface area contributed by atoms with Crippen LogP contribution in [-0.2, 0) is 6.54 Å². The monoisotopic (exact) mass is 317 g/mol. The molecule has 0 radical (unpaired) electrons. The number of carbonyl (C=O) groups is 1. The second kappa shape index (κ2) is 6.64. The number of carbonyl (C=O) groups excluding carboxylic acids is 1. The maximum absolute atomic E-state index is 12.5. The Labute approximate surface area is 135 Å². The van der Waals surface area contributed by atoms with Crippen LogP contribution in [0, 0.1) is 0 Å². The molecule has 0 aliphatic carbocycles. The Morgan fingerprint density at radius 1 is 1.39 bits per heavy atom. The van der Waals surface area contributed by atoms with Crippen molar-refractivity contribution in [3.8, 4) is 0 Å². The van der Waals surface area contributed by atoms with Gasteiger partial charge in [-0.15, -0.1) is 0 Å². The van der Waals surface area contributed by atoms with E-state index in [2.05, 4.69) is 28.8 Å². The molecule has 23 heavy (non-hydrogen) atoms. The Morgan fingerprint density at radius 3 is 2.83 bits per heavy atom. The quantitative estimate of drug-likeness (QED) is 0.882. The number of likely N-dealkylation sites (tertiary alicyclic amines) is 1. The predicted molar refractivity (Wildman–Crippen MR) is 86.1 cm³/mol. The molecule has 0 saturated carbocycles. The van der Waals surface area contributed by atoms with Crippen molar-refractivity contribution in [1.82, 2.24) is 24.4 Å². The number of β-amino-alcohol motifs (C(OH)–C–C–N with tert-alkyl or cyclic N) is 1. The van der Waals surface area contributed by atoms with Gasteiger partial charge in [-0.2, -0.15) is 5.10 Å². The molecule has 2 aromatic rings. The second-order valence-electron chi connectivity index (χ2n) is 5.94. The van der Waals surface area contributed by atoms with Crippen molar-refractivity contribution < 1.29 is 9.90 Å². The Kier molecular flexibility index (Phi) is 4.58. The van der Waals surface area contributed by atoms with E-state index in [1.807, 2.05) is 12.4 Å². The summed E-state index contributed by atoms with van der Waals surface area (Å²) in [7, 11) is 0. The van der Waals surface area contributed by atoms with Crippen LogP contribution in [0.5, 0.6) is 0 Å². The van der Waals surface area contributed by atoms with Crippen molar-refractivity contribution in [1.29, 1.82) is 0 Å². The Balaban J connectivity index is 1.82. The van der Waals surface area contributed by atoms with Crippen molar-refractivity contribution in [3.05, 3.63) is 29.7 Å². The first-order valence-electron chi connectivity index (χ1n) is 8.14. The molecule has 0 aromatic carbocycles. The highest BCUT2D eigenvalue weighted by atomic mass is 16.3. The fraction of sp³-hybridized carbons (Fsp3) is 0.562. The van der Waals surface area contributed by atoms with E-state index in [1.54, 1.807) is 15.6 Å². The standard InChI is InChI=1S/C16H23N5O2/c1-3-19(4-2)9-12-7-17-15-14(8-18-21(15)10-12)16(23)20-6-5-13(22)11-20/h7-8,10,13,22H,3-6,9,11H2,1-2H3/t13-/m1/s1. The fourth-order valence-corrected chi connectivity index (χ4v) is 2.95. The minimum absolute atomic E-state index is 0.111. The molecule has 3 heterocycles. The molecule has 1 fully saturated rings. The molecule has 1 N–H and O–H groups in total. The Morgan fingerprint density at radius 2 is 2.17 bits per heavy atom. The topological polar surface area (TPSA) is 74.0 Å². The summed E-state index contributed by atoms with van der Waals surface area (Å²) in [6, 6.07) is 0. The number of fused-ring (bicyclic) bond motifs is 1. The summed E-state index contributed by atoms with van der Waals surface area (Å²) in [5, 5.41) is 13.9. The average molecular weight is 317 g/mol. The minimum Gasteiger partial charge on any atom is -0.391 e. The van der Waals surface area contributed by atoms with Gasteiger partial charge < -0.3 is 10.0 Å². The molecule has 1 amide bonds. The van der Waals surface area contributed by atoms with Crippen molar-refractivity contribution in [2.75, 3.05) is 26.2 Å².